The zero-order chi connectivity index (χ0) is 15.3. The van der Waals surface area contributed by atoms with Crippen molar-refractivity contribution in [3.63, 3.8) is 0 Å². The van der Waals surface area contributed by atoms with Crippen LogP contribution in [0.15, 0.2) is 35.2 Å². The standard InChI is InChI=1S/C15H22N4O2.ClH/c1-15(2,3)19-11-12(8-18-19)7-16-10-14(20)17-9-13-5-4-6-21-13;/h4-6,8,11,16H,7,9-10H2,1-3H3,(H,17,20);1H. The van der Waals surface area contributed by atoms with Crippen molar-refractivity contribution in [1.29, 1.82) is 0 Å². The topological polar surface area (TPSA) is 72.1 Å². The van der Waals surface area contributed by atoms with Gasteiger partial charge in [-0.2, -0.15) is 5.10 Å². The third-order valence-electron chi connectivity index (χ3n) is 2.98. The molecule has 0 radical (unpaired) electrons. The van der Waals surface area contributed by atoms with E-state index in [0.29, 0.717) is 13.1 Å². The van der Waals surface area contributed by atoms with Crippen molar-refractivity contribution in [2.75, 3.05) is 6.54 Å². The minimum Gasteiger partial charge on any atom is -0.467 e. The predicted octanol–water partition coefficient (Wildman–Crippen LogP) is 2.06. The summed E-state index contributed by atoms with van der Waals surface area (Å²) in [5.74, 6) is 0.685. The highest BCUT2D eigenvalue weighted by molar-refractivity contribution is 5.85. The maximum Gasteiger partial charge on any atom is 0.234 e. The molecule has 0 bridgehead atoms. The van der Waals surface area contributed by atoms with Crippen molar-refractivity contribution >= 4 is 18.3 Å². The number of rotatable bonds is 6. The van der Waals surface area contributed by atoms with E-state index in [1.165, 1.54) is 0 Å². The van der Waals surface area contributed by atoms with Gasteiger partial charge in [0.1, 0.15) is 5.76 Å². The Bertz CT molecular complexity index is 573. The number of hydrogen-bond acceptors (Lipinski definition) is 4. The molecule has 122 valence electrons. The molecule has 0 aliphatic heterocycles. The quantitative estimate of drug-likeness (QED) is 0.852. The minimum absolute atomic E-state index is 0. The maximum absolute atomic E-state index is 11.7. The average Bonchev–Trinajstić information content (AvgIpc) is 3.07. The number of aromatic nitrogens is 2. The predicted molar refractivity (Wildman–Crippen MR) is 86.7 cm³/mol. The van der Waals surface area contributed by atoms with E-state index in [1.54, 1.807) is 12.3 Å². The Morgan fingerprint density at radius 3 is 2.73 bits per heavy atom. The molecule has 0 spiro atoms. The van der Waals surface area contributed by atoms with Gasteiger partial charge in [-0.25, -0.2) is 0 Å². The summed E-state index contributed by atoms with van der Waals surface area (Å²) in [6, 6.07) is 3.63. The molecule has 0 saturated carbocycles. The Hall–Kier alpha value is -1.79. The van der Waals surface area contributed by atoms with Crippen LogP contribution in [0.5, 0.6) is 0 Å². The van der Waals surface area contributed by atoms with Gasteiger partial charge in [0, 0.05) is 18.3 Å². The van der Waals surface area contributed by atoms with Crippen molar-refractivity contribution in [2.45, 2.75) is 39.4 Å². The summed E-state index contributed by atoms with van der Waals surface area (Å²) in [5, 5.41) is 10.2. The van der Waals surface area contributed by atoms with Crippen molar-refractivity contribution in [1.82, 2.24) is 20.4 Å². The number of hydrogen-bond donors (Lipinski definition) is 2. The van der Waals surface area contributed by atoms with E-state index in [4.69, 9.17) is 4.42 Å². The first kappa shape index (κ1) is 18.3. The van der Waals surface area contributed by atoms with E-state index in [9.17, 15) is 4.79 Å². The van der Waals surface area contributed by atoms with Crippen LogP contribution in [0.3, 0.4) is 0 Å². The van der Waals surface area contributed by atoms with Crippen LogP contribution in [-0.2, 0) is 23.4 Å². The Labute approximate surface area is 136 Å². The van der Waals surface area contributed by atoms with E-state index in [-0.39, 0.29) is 30.4 Å². The van der Waals surface area contributed by atoms with Crippen LogP contribution in [-0.4, -0.2) is 22.2 Å². The van der Waals surface area contributed by atoms with Crippen molar-refractivity contribution in [2.24, 2.45) is 0 Å². The van der Waals surface area contributed by atoms with E-state index in [1.807, 2.05) is 23.1 Å². The zero-order valence-corrected chi connectivity index (χ0v) is 13.9. The van der Waals surface area contributed by atoms with E-state index in [0.717, 1.165) is 11.3 Å². The fourth-order valence-electron chi connectivity index (χ4n) is 1.80. The third kappa shape index (κ3) is 5.54. The molecule has 0 aliphatic rings. The van der Waals surface area contributed by atoms with Crippen LogP contribution in [0.1, 0.15) is 32.1 Å². The maximum atomic E-state index is 11.7. The van der Waals surface area contributed by atoms with Crippen molar-refractivity contribution in [3.05, 3.63) is 42.1 Å². The molecule has 0 aromatic carbocycles. The molecule has 2 aromatic rings. The van der Waals surface area contributed by atoms with Gasteiger partial charge in [0.15, 0.2) is 0 Å². The molecule has 2 rings (SSSR count). The van der Waals surface area contributed by atoms with Gasteiger partial charge in [0.2, 0.25) is 5.91 Å². The number of halogens is 1. The largest absolute Gasteiger partial charge is 0.467 e. The molecule has 1 amide bonds. The molecule has 0 fully saturated rings. The van der Waals surface area contributed by atoms with Gasteiger partial charge in [-0.1, -0.05) is 0 Å². The van der Waals surface area contributed by atoms with Crippen molar-refractivity contribution in [3.8, 4) is 0 Å². The first-order valence-electron chi connectivity index (χ1n) is 6.99. The van der Waals surface area contributed by atoms with Crippen LogP contribution in [0.25, 0.3) is 0 Å². The summed E-state index contributed by atoms with van der Waals surface area (Å²) in [7, 11) is 0. The van der Waals surface area contributed by atoms with Gasteiger partial charge in [-0.3, -0.25) is 9.48 Å². The van der Waals surface area contributed by atoms with Gasteiger partial charge in [0.25, 0.3) is 0 Å². The van der Waals surface area contributed by atoms with E-state index < -0.39 is 0 Å². The molecule has 2 heterocycles. The first-order chi connectivity index (χ1) is 9.95. The fraction of sp³-hybridized carbons (Fsp3) is 0.467. The summed E-state index contributed by atoms with van der Waals surface area (Å²) in [4.78, 5) is 11.7. The summed E-state index contributed by atoms with van der Waals surface area (Å²) in [5.41, 5.74) is 1.03. The highest BCUT2D eigenvalue weighted by atomic mass is 35.5. The molecule has 2 N–H and O–H groups in total. The number of nitrogens with zero attached hydrogens (tertiary/aromatic N) is 2. The Balaban J connectivity index is 0.00000242. The lowest BCUT2D eigenvalue weighted by Crippen LogP contribution is -2.33. The molecule has 6 nitrogen and oxygen atoms in total. The number of carbonyl (C=O) groups excluding carboxylic acids is 1. The second-order valence-electron chi connectivity index (χ2n) is 5.92. The van der Waals surface area contributed by atoms with Gasteiger partial charge < -0.3 is 15.1 Å². The molecule has 2 aromatic heterocycles. The molecular weight excluding hydrogens is 304 g/mol. The smallest absolute Gasteiger partial charge is 0.234 e. The van der Waals surface area contributed by atoms with Crippen molar-refractivity contribution < 1.29 is 9.21 Å². The second-order valence-corrected chi connectivity index (χ2v) is 5.92. The summed E-state index contributed by atoms with van der Waals surface area (Å²) < 4.78 is 7.06. The van der Waals surface area contributed by atoms with Gasteiger partial charge in [-0.05, 0) is 32.9 Å². The lowest BCUT2D eigenvalue weighted by atomic mass is 10.1. The number of carbonyl (C=O) groups is 1. The van der Waals surface area contributed by atoms with Crippen LogP contribution in [0.2, 0.25) is 0 Å². The number of nitrogens with one attached hydrogen (secondary N) is 2. The molecular formula is C15H23ClN4O2. The fourth-order valence-corrected chi connectivity index (χ4v) is 1.80. The molecule has 22 heavy (non-hydrogen) atoms. The van der Waals surface area contributed by atoms with Gasteiger partial charge in [-0.15, -0.1) is 12.4 Å². The molecule has 0 unspecified atom stereocenters. The highest BCUT2D eigenvalue weighted by Crippen LogP contribution is 2.12. The minimum atomic E-state index is -0.0605. The molecule has 0 aliphatic carbocycles. The second kappa shape index (κ2) is 8.00. The molecule has 0 saturated heterocycles. The van der Waals surface area contributed by atoms with Gasteiger partial charge >= 0.3 is 0 Å². The van der Waals surface area contributed by atoms with E-state index in [2.05, 4.69) is 36.5 Å². The molecule has 0 atom stereocenters. The molecule has 7 heteroatoms. The van der Waals surface area contributed by atoms with Crippen LogP contribution in [0.4, 0.5) is 0 Å². The highest BCUT2D eigenvalue weighted by Gasteiger charge is 2.13. The monoisotopic (exact) mass is 326 g/mol. The Kier molecular flexibility index (Phi) is 6.64. The van der Waals surface area contributed by atoms with Crippen LogP contribution >= 0.6 is 12.4 Å². The number of furan rings is 1. The van der Waals surface area contributed by atoms with E-state index >= 15 is 0 Å². The zero-order valence-electron chi connectivity index (χ0n) is 13.1. The normalized spacial score (nSPS) is 11.0. The average molecular weight is 327 g/mol. The lowest BCUT2D eigenvalue weighted by molar-refractivity contribution is -0.120. The Morgan fingerprint density at radius 1 is 1.36 bits per heavy atom. The summed E-state index contributed by atoms with van der Waals surface area (Å²) >= 11 is 0. The summed E-state index contributed by atoms with van der Waals surface area (Å²) in [6.45, 7) is 7.58. The lowest BCUT2D eigenvalue weighted by Gasteiger charge is -2.18. The Morgan fingerprint density at radius 2 is 2.14 bits per heavy atom. The number of amides is 1. The van der Waals surface area contributed by atoms with Crippen LogP contribution in [0, 0.1) is 0 Å². The third-order valence-corrected chi connectivity index (χ3v) is 2.98. The first-order valence-corrected chi connectivity index (χ1v) is 6.99. The SMILES string of the molecule is CC(C)(C)n1cc(CNCC(=O)NCc2ccco2)cn1.Cl. The summed E-state index contributed by atoms with van der Waals surface area (Å²) in [6.07, 6.45) is 5.40. The van der Waals surface area contributed by atoms with Gasteiger partial charge in [0.05, 0.1) is 31.1 Å². The van der Waals surface area contributed by atoms with Crippen LogP contribution < -0.4 is 10.6 Å².